The molecule has 0 saturated heterocycles. The van der Waals surface area contributed by atoms with E-state index in [4.69, 9.17) is 5.11 Å². The molecule has 0 radical (unpaired) electrons. The molecule has 2 nitrogen and oxygen atoms in total. The van der Waals surface area contributed by atoms with Crippen LogP contribution in [0.25, 0.3) is 0 Å². The summed E-state index contributed by atoms with van der Waals surface area (Å²) in [5.41, 5.74) is 4.67. The first-order valence-corrected chi connectivity index (χ1v) is 1.17. The Kier molecular flexibility index (Phi) is 9.83. The van der Waals surface area contributed by atoms with Gasteiger partial charge in [-0.1, -0.05) is 0 Å². The van der Waals surface area contributed by atoms with Gasteiger partial charge < -0.3 is 13.7 Å². The first-order valence-electron chi connectivity index (χ1n) is 1.17. The average molecular weight is 103 g/mol. The van der Waals surface area contributed by atoms with Crippen LogP contribution in [0.15, 0.2) is 0 Å². The van der Waals surface area contributed by atoms with E-state index >= 15 is 0 Å². The summed E-state index contributed by atoms with van der Waals surface area (Å²) in [6.45, 7) is 1.50. The maximum Gasteiger partial charge on any atom is 2.00 e. The molecule has 0 spiro atoms. The van der Waals surface area contributed by atoms with Crippen LogP contribution in [-0.2, 0) is 0 Å². The van der Waals surface area contributed by atoms with Crippen molar-refractivity contribution < 1.29 is 7.96 Å². The van der Waals surface area contributed by atoms with Gasteiger partial charge in [0.05, 0.1) is 6.23 Å². The minimum Gasteiger partial charge on any atom is -1.00 e. The molecule has 0 aliphatic carbocycles. The van der Waals surface area contributed by atoms with Gasteiger partial charge in [0.15, 0.2) is 0 Å². The second-order valence-corrected chi connectivity index (χ2v) is 0.741. The van der Waals surface area contributed by atoms with Gasteiger partial charge >= 0.3 is 37.7 Å². The molecule has 0 saturated carbocycles. The third-order valence-corrected chi connectivity index (χ3v) is 0. The van der Waals surface area contributed by atoms with E-state index in [1.807, 2.05) is 0 Å². The Labute approximate surface area is 64.3 Å². The van der Waals surface area contributed by atoms with Crippen LogP contribution in [-0.4, -0.2) is 49.1 Å². The molecule has 0 aromatic heterocycles. The van der Waals surface area contributed by atoms with E-state index < -0.39 is 6.23 Å². The van der Waals surface area contributed by atoms with Crippen molar-refractivity contribution in [1.29, 1.82) is 0 Å². The molecule has 0 aliphatic rings. The van der Waals surface area contributed by atoms with Gasteiger partial charge in [-0.15, -0.1) is 0 Å². The van der Waals surface area contributed by atoms with E-state index in [9.17, 15) is 0 Å². The summed E-state index contributed by atoms with van der Waals surface area (Å²) in [7, 11) is 0. The normalized spacial score (nSPS) is 12.6. The van der Waals surface area contributed by atoms with E-state index in [2.05, 4.69) is 5.73 Å². The maximum atomic E-state index is 7.83. The molecular formula is C2H9CaNO. The number of hydrogen-bond donors (Lipinski definition) is 2. The summed E-state index contributed by atoms with van der Waals surface area (Å²) in [5, 5.41) is 7.83. The summed E-state index contributed by atoms with van der Waals surface area (Å²) in [5.74, 6) is 0. The topological polar surface area (TPSA) is 46.2 Å². The van der Waals surface area contributed by atoms with E-state index in [1.54, 1.807) is 0 Å². The predicted octanol–water partition coefficient (Wildman–Crippen LogP) is -0.872. The van der Waals surface area contributed by atoms with Gasteiger partial charge in [0.2, 0.25) is 0 Å². The molecular weight excluding hydrogens is 94.1 g/mol. The largest absolute Gasteiger partial charge is 2.00 e. The maximum absolute atomic E-state index is 7.83. The third kappa shape index (κ3) is 37.6. The molecule has 3 N–H and O–H groups in total. The summed E-state index contributed by atoms with van der Waals surface area (Å²) < 4.78 is 0. The molecule has 0 fully saturated rings. The summed E-state index contributed by atoms with van der Waals surface area (Å²) >= 11 is 0. The Hall–Kier alpha value is 1.18. The van der Waals surface area contributed by atoms with Crippen molar-refractivity contribution >= 4 is 37.7 Å². The third-order valence-electron chi connectivity index (χ3n) is 0. The SMILES string of the molecule is CC(N)O.[Ca+2].[H-].[H-]. The van der Waals surface area contributed by atoms with Gasteiger partial charge in [0, 0.05) is 0 Å². The standard InChI is InChI=1S/C2H7NO.Ca.2H/c1-2(3)4;;;/h2,4H,3H2,1H3;;;/q;+2;2*-1. The van der Waals surface area contributed by atoms with E-state index in [-0.39, 0.29) is 40.6 Å². The van der Waals surface area contributed by atoms with Crippen molar-refractivity contribution in [2.75, 3.05) is 0 Å². The van der Waals surface area contributed by atoms with Crippen molar-refractivity contribution in [3.63, 3.8) is 0 Å². The van der Waals surface area contributed by atoms with Crippen molar-refractivity contribution in [2.24, 2.45) is 5.73 Å². The van der Waals surface area contributed by atoms with Gasteiger partial charge in [-0.05, 0) is 6.92 Å². The van der Waals surface area contributed by atoms with Crippen LogP contribution in [0, 0.1) is 0 Å². The smallest absolute Gasteiger partial charge is 1.00 e. The zero-order valence-corrected chi connectivity index (χ0v) is 5.52. The zero-order valence-electron chi connectivity index (χ0n) is 5.31. The van der Waals surface area contributed by atoms with E-state index in [1.165, 1.54) is 6.92 Å². The molecule has 0 rings (SSSR count). The number of nitrogens with two attached hydrogens (primary N) is 1. The number of rotatable bonds is 0. The Morgan fingerprint density at radius 3 is 2.00 bits per heavy atom. The first-order chi connectivity index (χ1) is 1.73. The molecule has 0 heterocycles. The van der Waals surface area contributed by atoms with Crippen molar-refractivity contribution in [2.45, 2.75) is 13.2 Å². The van der Waals surface area contributed by atoms with Crippen molar-refractivity contribution in [3.8, 4) is 0 Å². The molecule has 5 heavy (non-hydrogen) atoms. The Bertz CT molecular complexity index is 20.4. The van der Waals surface area contributed by atoms with Gasteiger partial charge in [-0.25, -0.2) is 0 Å². The van der Waals surface area contributed by atoms with Crippen LogP contribution in [0.5, 0.6) is 0 Å². The second kappa shape index (κ2) is 5.18. The molecule has 1 atom stereocenters. The molecule has 0 aliphatic heterocycles. The van der Waals surface area contributed by atoms with Gasteiger partial charge in [0.25, 0.3) is 0 Å². The second-order valence-electron chi connectivity index (χ2n) is 0.741. The van der Waals surface area contributed by atoms with Crippen molar-refractivity contribution in [1.82, 2.24) is 0 Å². The molecule has 3 heteroatoms. The summed E-state index contributed by atoms with van der Waals surface area (Å²) in [6, 6.07) is 0. The van der Waals surface area contributed by atoms with Crippen LogP contribution in [0.1, 0.15) is 9.78 Å². The molecule has 0 aromatic carbocycles. The van der Waals surface area contributed by atoms with Crippen LogP contribution < -0.4 is 5.73 Å². The van der Waals surface area contributed by atoms with Crippen molar-refractivity contribution in [3.05, 3.63) is 0 Å². The Morgan fingerprint density at radius 1 is 2.00 bits per heavy atom. The van der Waals surface area contributed by atoms with Gasteiger partial charge in [0.1, 0.15) is 0 Å². The fraction of sp³-hybridized carbons (Fsp3) is 1.00. The quantitative estimate of drug-likeness (QED) is 0.309. The molecule has 0 bridgehead atoms. The van der Waals surface area contributed by atoms with Gasteiger partial charge in [-0.3, -0.25) is 0 Å². The van der Waals surface area contributed by atoms with Crippen LogP contribution in [0.3, 0.4) is 0 Å². The fourth-order valence-electron chi connectivity index (χ4n) is 0. The number of aliphatic hydroxyl groups is 1. The van der Waals surface area contributed by atoms with Crippen LogP contribution in [0.4, 0.5) is 0 Å². The average Bonchev–Trinajstić information content (AvgIpc) is 0.811. The summed E-state index contributed by atoms with van der Waals surface area (Å²) in [4.78, 5) is 0. The van der Waals surface area contributed by atoms with E-state index in [0.717, 1.165) is 0 Å². The molecule has 30 valence electrons. The number of aliphatic hydroxyl groups excluding tert-OH is 1. The minimum absolute atomic E-state index is 0. The van der Waals surface area contributed by atoms with Gasteiger partial charge in [-0.2, -0.15) is 0 Å². The minimum atomic E-state index is -0.667. The number of hydrogen-bond acceptors (Lipinski definition) is 2. The molecule has 0 aromatic rings. The Balaban J connectivity index is -0.0000000150. The van der Waals surface area contributed by atoms with Crippen LogP contribution in [0.2, 0.25) is 0 Å². The zero-order chi connectivity index (χ0) is 3.58. The van der Waals surface area contributed by atoms with E-state index in [0.29, 0.717) is 0 Å². The predicted molar refractivity (Wildman–Crippen MR) is 23.8 cm³/mol. The monoisotopic (exact) mass is 103 g/mol. The first kappa shape index (κ1) is 9.49. The summed E-state index contributed by atoms with van der Waals surface area (Å²) in [6.07, 6.45) is -0.667. The molecule has 0 amide bonds. The molecule has 1 unspecified atom stereocenters. The fourth-order valence-corrected chi connectivity index (χ4v) is 0. The Morgan fingerprint density at radius 2 is 2.00 bits per heavy atom. The van der Waals surface area contributed by atoms with Crippen LogP contribution >= 0.6 is 0 Å².